The summed E-state index contributed by atoms with van der Waals surface area (Å²) in [6.45, 7) is 9.95. The highest BCUT2D eigenvalue weighted by molar-refractivity contribution is 5.95. The average molecular weight is 423 g/mol. The smallest absolute Gasteiger partial charge is 0.294 e. The van der Waals surface area contributed by atoms with E-state index in [1.54, 1.807) is 41.5 Å². The number of halogens is 3. The minimum absolute atomic E-state index is 0.263. The fourth-order valence-corrected chi connectivity index (χ4v) is 2.11. The molecule has 0 bridgehead atoms. The highest BCUT2D eigenvalue weighted by Gasteiger charge is 2.34. The van der Waals surface area contributed by atoms with Crippen molar-refractivity contribution in [3.8, 4) is 11.4 Å². The number of rotatable bonds is 3. The van der Waals surface area contributed by atoms with Crippen molar-refractivity contribution in [2.45, 2.75) is 47.7 Å². The van der Waals surface area contributed by atoms with Crippen LogP contribution in [0.4, 0.5) is 25.1 Å². The van der Waals surface area contributed by atoms with Gasteiger partial charge in [-0.3, -0.25) is 20.2 Å². The lowest BCUT2D eigenvalue weighted by molar-refractivity contribution is -0.137. The molecule has 0 fully saturated rings. The van der Waals surface area contributed by atoms with Crippen LogP contribution in [-0.2, 0) is 15.8 Å². The summed E-state index contributed by atoms with van der Waals surface area (Å²) in [5.74, 6) is -1.75. The van der Waals surface area contributed by atoms with E-state index in [4.69, 9.17) is 0 Å². The van der Waals surface area contributed by atoms with Gasteiger partial charge in [0, 0.05) is 16.4 Å². The van der Waals surface area contributed by atoms with Crippen molar-refractivity contribution >= 4 is 23.7 Å². The molecule has 0 spiro atoms. The molecular formula is C20H24F3N5O2. The highest BCUT2D eigenvalue weighted by atomic mass is 19.4. The molecule has 0 atom stereocenters. The maximum Gasteiger partial charge on any atom is 0.417 e. The minimum Gasteiger partial charge on any atom is -0.294 e. The van der Waals surface area contributed by atoms with E-state index in [0.717, 1.165) is 6.07 Å². The molecule has 10 heteroatoms. The lowest BCUT2D eigenvalue weighted by Gasteiger charge is -2.19. The van der Waals surface area contributed by atoms with Crippen molar-refractivity contribution in [3.63, 3.8) is 0 Å². The van der Waals surface area contributed by atoms with Crippen molar-refractivity contribution in [2.75, 3.05) is 10.6 Å². The number of aromatic nitrogens is 3. The lowest BCUT2D eigenvalue weighted by Crippen LogP contribution is -2.30. The van der Waals surface area contributed by atoms with Gasteiger partial charge in [-0.15, -0.1) is 0 Å². The molecule has 0 saturated carbocycles. The Balaban J connectivity index is 2.60. The zero-order valence-corrected chi connectivity index (χ0v) is 17.6. The average Bonchev–Trinajstić information content (AvgIpc) is 2.59. The molecule has 2 aromatic rings. The van der Waals surface area contributed by atoms with Crippen molar-refractivity contribution < 1.29 is 22.8 Å². The van der Waals surface area contributed by atoms with E-state index in [9.17, 15) is 22.8 Å². The summed E-state index contributed by atoms with van der Waals surface area (Å²) >= 11 is 0. The van der Waals surface area contributed by atoms with Gasteiger partial charge < -0.3 is 0 Å². The van der Waals surface area contributed by atoms with Crippen LogP contribution in [0.15, 0.2) is 24.3 Å². The SMILES string of the molecule is CC(C)(C)C(=O)Nc1nc(NC(=O)C(C)(C)C)nc(-c2ccccc2C(F)(F)F)n1. The number of nitrogens with one attached hydrogen (secondary N) is 2. The molecule has 0 unspecified atom stereocenters. The third-order valence-corrected chi connectivity index (χ3v) is 3.92. The van der Waals surface area contributed by atoms with Crippen molar-refractivity contribution in [2.24, 2.45) is 10.8 Å². The van der Waals surface area contributed by atoms with E-state index in [1.165, 1.54) is 18.2 Å². The molecular weight excluding hydrogens is 399 g/mol. The van der Waals surface area contributed by atoms with Gasteiger partial charge in [-0.05, 0) is 6.07 Å². The number of hydrogen-bond acceptors (Lipinski definition) is 5. The molecule has 2 N–H and O–H groups in total. The second-order valence-electron chi connectivity index (χ2n) is 8.76. The molecule has 30 heavy (non-hydrogen) atoms. The second kappa shape index (κ2) is 8.00. The molecule has 162 valence electrons. The molecule has 2 amide bonds. The second-order valence-corrected chi connectivity index (χ2v) is 8.76. The van der Waals surface area contributed by atoms with E-state index < -0.39 is 34.4 Å². The first-order valence-corrected chi connectivity index (χ1v) is 9.14. The number of amides is 2. The van der Waals surface area contributed by atoms with Gasteiger partial charge in [0.2, 0.25) is 23.7 Å². The molecule has 0 saturated heterocycles. The van der Waals surface area contributed by atoms with Gasteiger partial charge in [0.1, 0.15) is 0 Å². The lowest BCUT2D eigenvalue weighted by atomic mass is 9.96. The van der Waals surface area contributed by atoms with Crippen LogP contribution >= 0.6 is 0 Å². The molecule has 0 aliphatic carbocycles. The molecule has 0 aliphatic heterocycles. The van der Waals surface area contributed by atoms with E-state index in [1.807, 2.05) is 0 Å². The summed E-state index contributed by atoms with van der Waals surface area (Å²) in [4.78, 5) is 36.6. The quantitative estimate of drug-likeness (QED) is 0.756. The summed E-state index contributed by atoms with van der Waals surface area (Å²) in [7, 11) is 0. The number of carbonyl (C=O) groups excluding carboxylic acids is 2. The van der Waals surface area contributed by atoms with Crippen LogP contribution in [0, 0.1) is 10.8 Å². The van der Waals surface area contributed by atoms with Crippen LogP contribution in [0.5, 0.6) is 0 Å². The Morgan fingerprint density at radius 3 is 1.60 bits per heavy atom. The van der Waals surface area contributed by atoms with Gasteiger partial charge >= 0.3 is 6.18 Å². The number of benzene rings is 1. The van der Waals surface area contributed by atoms with E-state index in [-0.39, 0.29) is 23.3 Å². The van der Waals surface area contributed by atoms with Crippen LogP contribution in [0.2, 0.25) is 0 Å². The Morgan fingerprint density at radius 1 is 0.767 bits per heavy atom. The molecule has 2 rings (SSSR count). The third-order valence-electron chi connectivity index (χ3n) is 3.92. The largest absolute Gasteiger partial charge is 0.417 e. The zero-order valence-electron chi connectivity index (χ0n) is 17.6. The van der Waals surface area contributed by atoms with Gasteiger partial charge in [0.25, 0.3) is 0 Å². The number of anilines is 2. The Hall–Kier alpha value is -3.04. The first-order chi connectivity index (χ1) is 13.6. The molecule has 7 nitrogen and oxygen atoms in total. The molecule has 0 radical (unpaired) electrons. The van der Waals surface area contributed by atoms with Crippen LogP contribution in [0.25, 0.3) is 11.4 Å². The van der Waals surface area contributed by atoms with Crippen LogP contribution < -0.4 is 10.6 Å². The molecule has 1 aromatic heterocycles. The van der Waals surface area contributed by atoms with Gasteiger partial charge in [-0.1, -0.05) is 59.7 Å². The Morgan fingerprint density at radius 2 is 1.20 bits per heavy atom. The maximum atomic E-state index is 13.5. The summed E-state index contributed by atoms with van der Waals surface area (Å²) in [6.07, 6.45) is -4.65. The maximum absolute atomic E-state index is 13.5. The predicted molar refractivity (Wildman–Crippen MR) is 106 cm³/mol. The van der Waals surface area contributed by atoms with Crippen LogP contribution in [0.1, 0.15) is 47.1 Å². The Labute approximate surface area is 172 Å². The summed E-state index contributed by atoms with van der Waals surface area (Å²) < 4.78 is 40.4. The normalized spacial score (nSPS) is 12.4. The van der Waals surface area contributed by atoms with Gasteiger partial charge in [0.15, 0.2) is 5.82 Å². The molecule has 0 aliphatic rings. The van der Waals surface area contributed by atoms with E-state index in [0.29, 0.717) is 0 Å². The zero-order chi connectivity index (χ0) is 22.9. The summed E-state index contributed by atoms with van der Waals surface area (Å²) in [5, 5.41) is 4.94. The van der Waals surface area contributed by atoms with Crippen molar-refractivity contribution in [1.82, 2.24) is 15.0 Å². The fraction of sp³-hybridized carbons (Fsp3) is 0.450. The van der Waals surface area contributed by atoms with Crippen molar-refractivity contribution in [1.29, 1.82) is 0 Å². The van der Waals surface area contributed by atoms with Crippen molar-refractivity contribution in [3.05, 3.63) is 29.8 Å². The number of alkyl halides is 3. The molecule has 1 aromatic carbocycles. The fourth-order valence-electron chi connectivity index (χ4n) is 2.11. The monoisotopic (exact) mass is 423 g/mol. The summed E-state index contributed by atoms with van der Waals surface area (Å²) in [5.41, 5.74) is -2.85. The van der Waals surface area contributed by atoms with Gasteiger partial charge in [-0.25, -0.2) is 0 Å². The predicted octanol–water partition coefficient (Wildman–Crippen LogP) is 4.53. The highest BCUT2D eigenvalue weighted by Crippen LogP contribution is 2.36. The standard InChI is InChI=1S/C20H24F3N5O2/c1-18(2,3)14(29)26-16-24-13(11-9-7-8-10-12(11)20(21,22)23)25-17(28-16)27-15(30)19(4,5)6/h7-10H,1-6H3,(H2,24,25,26,27,28,29,30). The first kappa shape index (κ1) is 23.2. The summed E-state index contributed by atoms with van der Waals surface area (Å²) in [6, 6.07) is 4.77. The topological polar surface area (TPSA) is 96.9 Å². The first-order valence-electron chi connectivity index (χ1n) is 9.14. The number of carbonyl (C=O) groups is 2. The van der Waals surface area contributed by atoms with E-state index >= 15 is 0 Å². The number of nitrogens with zero attached hydrogens (tertiary/aromatic N) is 3. The Bertz CT molecular complexity index is 914. The van der Waals surface area contributed by atoms with Crippen LogP contribution in [-0.4, -0.2) is 26.8 Å². The number of hydrogen-bond donors (Lipinski definition) is 2. The third kappa shape index (κ3) is 5.74. The minimum atomic E-state index is -4.65. The Kier molecular flexibility index (Phi) is 6.20. The van der Waals surface area contributed by atoms with Crippen LogP contribution in [0.3, 0.4) is 0 Å². The molecule has 1 heterocycles. The van der Waals surface area contributed by atoms with E-state index in [2.05, 4.69) is 25.6 Å². The van der Waals surface area contributed by atoms with Gasteiger partial charge in [0.05, 0.1) is 5.56 Å². The van der Waals surface area contributed by atoms with Gasteiger partial charge in [-0.2, -0.15) is 28.1 Å².